The fraction of sp³-hybridized carbons (Fsp3) is 0.167. The molecule has 3 aromatic rings. The molecule has 5 nitrogen and oxygen atoms in total. The first-order chi connectivity index (χ1) is 11.3. The van der Waals surface area contributed by atoms with Crippen LogP contribution in [0.2, 0.25) is 0 Å². The van der Waals surface area contributed by atoms with E-state index in [0.29, 0.717) is 5.82 Å². The quantitative estimate of drug-likeness (QED) is 0.759. The van der Waals surface area contributed by atoms with E-state index >= 15 is 0 Å². The number of carbonyl (C=O) groups excluding carboxylic acids is 1. The lowest BCUT2D eigenvalue weighted by Crippen LogP contribution is -2.22. The van der Waals surface area contributed by atoms with Crippen LogP contribution in [-0.4, -0.2) is 22.4 Å². The molecule has 5 heteroatoms. The van der Waals surface area contributed by atoms with E-state index < -0.39 is 0 Å². The Balaban J connectivity index is 1.63. The van der Waals surface area contributed by atoms with E-state index in [0.717, 1.165) is 23.0 Å². The van der Waals surface area contributed by atoms with Crippen molar-refractivity contribution < 1.29 is 4.79 Å². The van der Waals surface area contributed by atoms with Crippen molar-refractivity contribution in [2.24, 2.45) is 0 Å². The summed E-state index contributed by atoms with van der Waals surface area (Å²) in [6.45, 7) is 2.25. The summed E-state index contributed by atoms with van der Waals surface area (Å²) in [6.07, 6.45) is 2.47. The molecule has 0 saturated heterocycles. The topological polar surface area (TPSA) is 66.9 Å². The van der Waals surface area contributed by atoms with Crippen molar-refractivity contribution in [3.05, 3.63) is 60.4 Å². The van der Waals surface area contributed by atoms with E-state index in [1.54, 1.807) is 0 Å². The third-order valence-corrected chi connectivity index (χ3v) is 3.61. The van der Waals surface area contributed by atoms with Gasteiger partial charge in [-0.3, -0.25) is 4.79 Å². The number of hydrogen-bond acceptors (Lipinski definition) is 4. The second kappa shape index (κ2) is 6.87. The molecular weight excluding hydrogens is 288 g/mol. The third-order valence-electron chi connectivity index (χ3n) is 3.61. The van der Waals surface area contributed by atoms with Crippen LogP contribution >= 0.6 is 0 Å². The molecule has 0 fully saturated rings. The van der Waals surface area contributed by atoms with Crippen molar-refractivity contribution in [1.29, 1.82) is 0 Å². The van der Waals surface area contributed by atoms with Crippen molar-refractivity contribution in [3.63, 3.8) is 0 Å². The van der Waals surface area contributed by atoms with Gasteiger partial charge in [0.05, 0.1) is 12.1 Å². The lowest BCUT2D eigenvalue weighted by atomic mass is 10.1. The van der Waals surface area contributed by atoms with Gasteiger partial charge in [0, 0.05) is 11.1 Å². The first-order valence-electron chi connectivity index (χ1n) is 7.58. The van der Waals surface area contributed by atoms with E-state index in [4.69, 9.17) is 0 Å². The minimum absolute atomic E-state index is 0.114. The number of anilines is 2. The van der Waals surface area contributed by atoms with Crippen LogP contribution in [0.3, 0.4) is 0 Å². The number of fused-ring (bicyclic) bond motifs is 1. The number of amides is 1. The number of rotatable bonds is 5. The molecule has 0 radical (unpaired) electrons. The lowest BCUT2D eigenvalue weighted by Gasteiger charge is -2.09. The fourth-order valence-corrected chi connectivity index (χ4v) is 2.34. The molecule has 116 valence electrons. The number of carbonyl (C=O) groups is 1. The number of hydrogen-bond donors (Lipinski definition) is 2. The summed E-state index contributed by atoms with van der Waals surface area (Å²) < 4.78 is 0. The van der Waals surface area contributed by atoms with Gasteiger partial charge in [-0.2, -0.15) is 0 Å². The third kappa shape index (κ3) is 3.63. The summed E-state index contributed by atoms with van der Waals surface area (Å²) in [7, 11) is 0. The van der Waals surface area contributed by atoms with Crippen LogP contribution in [0.5, 0.6) is 0 Å². The number of aryl methyl sites for hydroxylation is 1. The molecule has 1 aromatic heterocycles. The Bertz CT molecular complexity index is 809. The van der Waals surface area contributed by atoms with Crippen molar-refractivity contribution in [2.45, 2.75) is 13.3 Å². The maximum Gasteiger partial charge on any atom is 0.243 e. The highest BCUT2D eigenvalue weighted by Crippen LogP contribution is 2.18. The van der Waals surface area contributed by atoms with Crippen LogP contribution in [0.25, 0.3) is 10.9 Å². The van der Waals surface area contributed by atoms with Crippen LogP contribution in [0.15, 0.2) is 54.9 Å². The summed E-state index contributed by atoms with van der Waals surface area (Å²) in [5.41, 5.74) is 2.88. The largest absolute Gasteiger partial charge is 0.360 e. The zero-order valence-electron chi connectivity index (χ0n) is 12.9. The molecule has 0 aliphatic heterocycles. The second-order valence-electron chi connectivity index (χ2n) is 5.19. The predicted molar refractivity (Wildman–Crippen MR) is 92.5 cm³/mol. The van der Waals surface area contributed by atoms with E-state index in [-0.39, 0.29) is 12.5 Å². The Morgan fingerprint density at radius 1 is 1.04 bits per heavy atom. The standard InChI is InChI=1S/C18H18N4O/c1-2-13-7-9-14(10-8-13)22-17(23)11-19-18-15-5-3-4-6-16(15)20-12-21-18/h3-10,12H,2,11H2,1H3,(H,22,23)(H,19,20,21). The molecule has 0 atom stereocenters. The SMILES string of the molecule is CCc1ccc(NC(=O)CNc2ncnc3ccccc23)cc1. The molecule has 23 heavy (non-hydrogen) atoms. The Labute approximate surface area is 134 Å². The summed E-state index contributed by atoms with van der Waals surface area (Å²) in [4.78, 5) is 20.5. The summed E-state index contributed by atoms with van der Waals surface area (Å²) >= 11 is 0. The van der Waals surface area contributed by atoms with Crippen LogP contribution in [0.1, 0.15) is 12.5 Å². The molecule has 2 aromatic carbocycles. The van der Waals surface area contributed by atoms with Crippen LogP contribution in [0.4, 0.5) is 11.5 Å². The molecule has 0 aliphatic carbocycles. The van der Waals surface area contributed by atoms with Gasteiger partial charge in [0.25, 0.3) is 0 Å². The van der Waals surface area contributed by atoms with Gasteiger partial charge in [-0.1, -0.05) is 31.2 Å². The Hall–Kier alpha value is -2.95. The monoisotopic (exact) mass is 306 g/mol. The van der Waals surface area contributed by atoms with E-state index in [1.165, 1.54) is 11.9 Å². The second-order valence-corrected chi connectivity index (χ2v) is 5.19. The van der Waals surface area contributed by atoms with Crippen LogP contribution in [0, 0.1) is 0 Å². The zero-order valence-corrected chi connectivity index (χ0v) is 12.9. The van der Waals surface area contributed by atoms with E-state index in [2.05, 4.69) is 27.5 Å². The van der Waals surface area contributed by atoms with Crippen molar-refractivity contribution >= 4 is 28.3 Å². The Morgan fingerprint density at radius 3 is 2.61 bits per heavy atom. The highest BCUT2D eigenvalue weighted by Gasteiger charge is 2.06. The average molecular weight is 306 g/mol. The maximum atomic E-state index is 12.1. The fourth-order valence-electron chi connectivity index (χ4n) is 2.34. The normalized spacial score (nSPS) is 10.5. The molecule has 2 N–H and O–H groups in total. The highest BCUT2D eigenvalue weighted by atomic mass is 16.1. The molecule has 0 unspecified atom stereocenters. The Kier molecular flexibility index (Phi) is 4.47. The first kappa shape index (κ1) is 15.0. The van der Waals surface area contributed by atoms with Gasteiger partial charge < -0.3 is 10.6 Å². The molecule has 1 amide bonds. The van der Waals surface area contributed by atoms with Gasteiger partial charge in [0.15, 0.2) is 0 Å². The summed E-state index contributed by atoms with van der Waals surface area (Å²) in [5, 5.41) is 6.83. The summed E-state index contributed by atoms with van der Waals surface area (Å²) in [5.74, 6) is 0.545. The number of benzene rings is 2. The van der Waals surface area contributed by atoms with Crippen molar-refractivity contribution in [2.75, 3.05) is 17.2 Å². The predicted octanol–water partition coefficient (Wildman–Crippen LogP) is 3.24. The minimum Gasteiger partial charge on any atom is -0.360 e. The molecule has 0 aliphatic rings. The highest BCUT2D eigenvalue weighted by molar-refractivity contribution is 5.95. The average Bonchev–Trinajstić information content (AvgIpc) is 2.60. The smallest absolute Gasteiger partial charge is 0.243 e. The number of nitrogens with one attached hydrogen (secondary N) is 2. The van der Waals surface area contributed by atoms with Crippen LogP contribution < -0.4 is 10.6 Å². The lowest BCUT2D eigenvalue weighted by molar-refractivity contribution is -0.114. The molecule has 0 saturated carbocycles. The number of nitrogens with zero attached hydrogens (tertiary/aromatic N) is 2. The van der Waals surface area contributed by atoms with Gasteiger partial charge in [-0.15, -0.1) is 0 Å². The van der Waals surface area contributed by atoms with Gasteiger partial charge >= 0.3 is 0 Å². The minimum atomic E-state index is -0.114. The van der Waals surface area contributed by atoms with E-state index in [1.807, 2.05) is 48.5 Å². The molecule has 3 rings (SSSR count). The van der Waals surface area contributed by atoms with Gasteiger partial charge in [-0.05, 0) is 36.2 Å². The number of aromatic nitrogens is 2. The molecule has 0 spiro atoms. The van der Waals surface area contributed by atoms with Crippen molar-refractivity contribution in [3.8, 4) is 0 Å². The first-order valence-corrected chi connectivity index (χ1v) is 7.58. The number of para-hydroxylation sites is 1. The van der Waals surface area contributed by atoms with Gasteiger partial charge in [0.2, 0.25) is 5.91 Å². The zero-order chi connectivity index (χ0) is 16.1. The van der Waals surface area contributed by atoms with Crippen molar-refractivity contribution in [1.82, 2.24) is 9.97 Å². The molecular formula is C18H18N4O. The Morgan fingerprint density at radius 2 is 1.83 bits per heavy atom. The van der Waals surface area contributed by atoms with Gasteiger partial charge in [-0.25, -0.2) is 9.97 Å². The van der Waals surface area contributed by atoms with Gasteiger partial charge in [0.1, 0.15) is 12.1 Å². The molecule has 0 bridgehead atoms. The van der Waals surface area contributed by atoms with E-state index in [9.17, 15) is 4.79 Å². The maximum absolute atomic E-state index is 12.1. The van der Waals surface area contributed by atoms with Crippen LogP contribution in [-0.2, 0) is 11.2 Å². The summed E-state index contributed by atoms with van der Waals surface area (Å²) in [6, 6.07) is 15.5. The molecule has 1 heterocycles.